The van der Waals surface area contributed by atoms with Gasteiger partial charge in [-0.15, -0.1) is 0 Å². The standard InChI is InChI=1S/C58H115NO5/c1-3-5-7-9-11-13-15-16-17-18-19-20-21-22-23-24-25-26-27-28-31-34-38-42-46-50-56(61)55(54-60)59-57(62)51-47-43-39-35-32-29-33-37-41-45-49-53-64-58(63)52-48-44-40-36-30-14-12-10-8-6-4-2/h55-56,60-61H,3-54H2,1-2H3,(H,59,62). The number of ether oxygens (including phenoxy) is 1. The van der Waals surface area contributed by atoms with Gasteiger partial charge in [-0.25, -0.2) is 0 Å². The zero-order valence-corrected chi connectivity index (χ0v) is 43.5. The van der Waals surface area contributed by atoms with E-state index in [0.717, 1.165) is 57.8 Å². The molecule has 2 atom stereocenters. The van der Waals surface area contributed by atoms with Gasteiger partial charge in [0, 0.05) is 12.8 Å². The maximum Gasteiger partial charge on any atom is 0.305 e. The summed E-state index contributed by atoms with van der Waals surface area (Å²) in [7, 11) is 0. The molecule has 0 fully saturated rings. The van der Waals surface area contributed by atoms with Gasteiger partial charge >= 0.3 is 5.97 Å². The summed E-state index contributed by atoms with van der Waals surface area (Å²) in [5, 5.41) is 23.3. The van der Waals surface area contributed by atoms with Gasteiger partial charge in [0.05, 0.1) is 25.4 Å². The van der Waals surface area contributed by atoms with E-state index < -0.39 is 12.1 Å². The highest BCUT2D eigenvalue weighted by atomic mass is 16.5. The van der Waals surface area contributed by atoms with E-state index in [0.29, 0.717) is 25.9 Å². The molecular formula is C58H115NO5. The Morgan fingerprint density at radius 2 is 0.641 bits per heavy atom. The first kappa shape index (κ1) is 62.9. The third-order valence-corrected chi connectivity index (χ3v) is 13.9. The van der Waals surface area contributed by atoms with Crippen molar-refractivity contribution in [2.45, 2.75) is 347 Å². The molecule has 0 aliphatic rings. The van der Waals surface area contributed by atoms with Crippen LogP contribution in [0.15, 0.2) is 0 Å². The van der Waals surface area contributed by atoms with Crippen molar-refractivity contribution in [3.05, 3.63) is 0 Å². The van der Waals surface area contributed by atoms with E-state index in [-0.39, 0.29) is 18.5 Å². The summed E-state index contributed by atoms with van der Waals surface area (Å²) >= 11 is 0. The van der Waals surface area contributed by atoms with E-state index in [9.17, 15) is 19.8 Å². The number of amides is 1. The molecule has 0 aliphatic carbocycles. The molecule has 3 N–H and O–H groups in total. The largest absolute Gasteiger partial charge is 0.466 e. The fraction of sp³-hybridized carbons (Fsp3) is 0.966. The number of hydrogen-bond acceptors (Lipinski definition) is 5. The minimum Gasteiger partial charge on any atom is -0.466 e. The van der Waals surface area contributed by atoms with Crippen LogP contribution >= 0.6 is 0 Å². The SMILES string of the molecule is CCCCCCCCCCCCCCCCCCCCCCCCCCCC(O)C(CO)NC(=O)CCCCCCCCCCCCCOC(=O)CCCCCCCCCCCCC. The molecule has 0 aromatic rings. The lowest BCUT2D eigenvalue weighted by Gasteiger charge is -2.22. The highest BCUT2D eigenvalue weighted by molar-refractivity contribution is 5.76. The van der Waals surface area contributed by atoms with Crippen LogP contribution in [0.25, 0.3) is 0 Å². The third kappa shape index (κ3) is 50.3. The Hall–Kier alpha value is -1.14. The van der Waals surface area contributed by atoms with Crippen LogP contribution in [0.1, 0.15) is 335 Å². The quantitative estimate of drug-likeness (QED) is 0.0417. The first-order valence-electron chi connectivity index (χ1n) is 29.3. The number of aliphatic hydroxyl groups excluding tert-OH is 2. The molecule has 2 unspecified atom stereocenters. The maximum absolute atomic E-state index is 12.5. The molecule has 0 saturated carbocycles. The Kier molecular flexibility index (Phi) is 53.5. The van der Waals surface area contributed by atoms with Crippen molar-refractivity contribution in [2.75, 3.05) is 13.2 Å². The van der Waals surface area contributed by atoms with Crippen LogP contribution in [0, 0.1) is 0 Å². The molecule has 0 aromatic heterocycles. The molecule has 0 aliphatic heterocycles. The number of carbonyl (C=O) groups excluding carboxylic acids is 2. The number of esters is 1. The third-order valence-electron chi connectivity index (χ3n) is 13.9. The monoisotopic (exact) mass is 906 g/mol. The van der Waals surface area contributed by atoms with Gasteiger partial charge in [0.2, 0.25) is 5.91 Å². The molecule has 0 spiro atoms. The molecule has 0 rings (SSSR count). The minimum atomic E-state index is -0.676. The molecule has 0 bridgehead atoms. The number of nitrogens with one attached hydrogen (secondary N) is 1. The molecule has 0 saturated heterocycles. The van der Waals surface area contributed by atoms with Crippen LogP contribution in [0.4, 0.5) is 0 Å². The Labute approximate surface area is 400 Å². The fourth-order valence-corrected chi connectivity index (χ4v) is 9.41. The van der Waals surface area contributed by atoms with Crippen LogP contribution < -0.4 is 5.32 Å². The van der Waals surface area contributed by atoms with Gasteiger partial charge in [0.1, 0.15) is 0 Å². The van der Waals surface area contributed by atoms with Gasteiger partial charge in [-0.2, -0.15) is 0 Å². The van der Waals surface area contributed by atoms with Gasteiger partial charge in [0.25, 0.3) is 0 Å². The van der Waals surface area contributed by atoms with Crippen LogP contribution in [-0.4, -0.2) is 47.4 Å². The predicted octanol–water partition coefficient (Wildman–Crippen LogP) is 17.9. The smallest absolute Gasteiger partial charge is 0.305 e. The molecule has 0 aromatic carbocycles. The highest BCUT2D eigenvalue weighted by Gasteiger charge is 2.20. The van der Waals surface area contributed by atoms with Crippen molar-refractivity contribution in [1.82, 2.24) is 5.32 Å². The minimum absolute atomic E-state index is 0.0123. The van der Waals surface area contributed by atoms with Crippen molar-refractivity contribution in [1.29, 1.82) is 0 Å². The second-order valence-corrected chi connectivity index (χ2v) is 20.3. The first-order chi connectivity index (χ1) is 31.5. The predicted molar refractivity (Wildman–Crippen MR) is 278 cm³/mol. The summed E-state index contributed by atoms with van der Waals surface area (Å²) in [6.07, 6.45) is 62.4. The van der Waals surface area contributed by atoms with E-state index in [1.54, 1.807) is 0 Å². The van der Waals surface area contributed by atoms with Crippen LogP contribution in [-0.2, 0) is 14.3 Å². The van der Waals surface area contributed by atoms with Crippen molar-refractivity contribution in [3.8, 4) is 0 Å². The van der Waals surface area contributed by atoms with Crippen molar-refractivity contribution in [2.24, 2.45) is 0 Å². The van der Waals surface area contributed by atoms with Crippen LogP contribution in [0.2, 0.25) is 0 Å². The Balaban J connectivity index is 3.44. The normalized spacial score (nSPS) is 12.5. The number of carbonyl (C=O) groups is 2. The number of rotatable bonds is 55. The summed E-state index contributed by atoms with van der Waals surface area (Å²) in [5.41, 5.74) is 0. The number of aliphatic hydroxyl groups is 2. The molecule has 382 valence electrons. The van der Waals surface area contributed by atoms with E-state index in [1.807, 2.05) is 0 Å². The van der Waals surface area contributed by atoms with Crippen molar-refractivity contribution in [3.63, 3.8) is 0 Å². The van der Waals surface area contributed by atoms with Gasteiger partial charge in [-0.05, 0) is 25.7 Å². The molecule has 6 nitrogen and oxygen atoms in total. The van der Waals surface area contributed by atoms with Crippen LogP contribution in [0.3, 0.4) is 0 Å². The molecular weight excluding hydrogens is 791 g/mol. The highest BCUT2D eigenvalue weighted by Crippen LogP contribution is 2.18. The Morgan fingerprint density at radius 3 is 0.953 bits per heavy atom. The molecule has 0 radical (unpaired) electrons. The van der Waals surface area contributed by atoms with Gasteiger partial charge < -0.3 is 20.3 Å². The second kappa shape index (κ2) is 54.5. The van der Waals surface area contributed by atoms with Crippen molar-refractivity contribution >= 4 is 11.9 Å². The zero-order valence-electron chi connectivity index (χ0n) is 43.5. The van der Waals surface area contributed by atoms with E-state index >= 15 is 0 Å². The summed E-state index contributed by atoms with van der Waals surface area (Å²) in [5.74, 6) is -0.0614. The summed E-state index contributed by atoms with van der Waals surface area (Å²) < 4.78 is 5.45. The molecule has 1 amide bonds. The second-order valence-electron chi connectivity index (χ2n) is 20.3. The number of unbranched alkanes of at least 4 members (excludes halogenated alkanes) is 44. The zero-order chi connectivity index (χ0) is 46.5. The lowest BCUT2D eigenvalue weighted by atomic mass is 10.0. The average Bonchev–Trinajstić information content (AvgIpc) is 3.29. The maximum atomic E-state index is 12.5. The fourth-order valence-electron chi connectivity index (χ4n) is 9.41. The van der Waals surface area contributed by atoms with Crippen LogP contribution in [0.5, 0.6) is 0 Å². The van der Waals surface area contributed by atoms with Crippen molar-refractivity contribution < 1.29 is 24.5 Å². The topological polar surface area (TPSA) is 95.9 Å². The molecule has 0 heterocycles. The summed E-state index contributed by atoms with van der Waals surface area (Å²) in [6.45, 7) is 4.94. The van der Waals surface area contributed by atoms with E-state index in [4.69, 9.17) is 4.74 Å². The average molecular weight is 907 g/mol. The van der Waals surface area contributed by atoms with E-state index in [1.165, 1.54) is 244 Å². The lowest BCUT2D eigenvalue weighted by molar-refractivity contribution is -0.143. The first-order valence-corrected chi connectivity index (χ1v) is 29.3. The lowest BCUT2D eigenvalue weighted by Crippen LogP contribution is -2.45. The molecule has 64 heavy (non-hydrogen) atoms. The van der Waals surface area contributed by atoms with Gasteiger partial charge in [-0.3, -0.25) is 9.59 Å². The molecule has 6 heteroatoms. The van der Waals surface area contributed by atoms with E-state index in [2.05, 4.69) is 19.2 Å². The summed E-state index contributed by atoms with van der Waals surface area (Å²) in [6, 6.07) is -0.555. The summed E-state index contributed by atoms with van der Waals surface area (Å²) in [4.78, 5) is 24.5. The van der Waals surface area contributed by atoms with Gasteiger partial charge in [-0.1, -0.05) is 296 Å². The number of hydrogen-bond donors (Lipinski definition) is 3. The Bertz CT molecular complexity index is 913. The Morgan fingerprint density at radius 1 is 0.375 bits per heavy atom. The van der Waals surface area contributed by atoms with Gasteiger partial charge in [0.15, 0.2) is 0 Å².